The molecular weight excluding hydrogens is 1350 g/mol. The largest absolute Gasteiger partial charge is 0.103 e. The summed E-state index contributed by atoms with van der Waals surface area (Å²) >= 11 is 0. The number of unbranched alkanes of at least 4 members (excludes halogenated alkanes) is 10. The van der Waals surface area contributed by atoms with E-state index in [0.717, 1.165) is 142 Å². The van der Waals surface area contributed by atoms with Gasteiger partial charge >= 0.3 is 0 Å². The fourth-order valence-electron chi connectivity index (χ4n) is 26.1. The third-order valence-corrected chi connectivity index (χ3v) is 34.3. The number of rotatable bonds is 34. The monoisotopic (exact) mass is 1560 g/mol. The average molecular weight is 1560 g/mol. The van der Waals surface area contributed by atoms with Crippen LogP contribution in [0.3, 0.4) is 0 Å². The van der Waals surface area contributed by atoms with Gasteiger partial charge in [-0.05, 0) is 413 Å². The summed E-state index contributed by atoms with van der Waals surface area (Å²) in [6.45, 7) is 21.6. The predicted molar refractivity (Wildman–Crippen MR) is 523 cm³/mol. The van der Waals surface area contributed by atoms with E-state index < -0.39 is 0 Å². The molecular formula is C112H216. The topological polar surface area (TPSA) is 0 Å². The Labute approximate surface area is 718 Å². The van der Waals surface area contributed by atoms with Gasteiger partial charge in [0.25, 0.3) is 0 Å². The van der Waals surface area contributed by atoms with Gasteiger partial charge in [0, 0.05) is 17.1 Å². The zero-order valence-electron chi connectivity index (χ0n) is 76.0. The van der Waals surface area contributed by atoms with Gasteiger partial charge in [0.1, 0.15) is 0 Å². The summed E-state index contributed by atoms with van der Waals surface area (Å²) in [5.74, 6) is 23.3. The molecule has 0 spiro atoms. The molecule has 0 heterocycles. The third-order valence-electron chi connectivity index (χ3n) is 34.3. The van der Waals surface area contributed by atoms with Crippen molar-refractivity contribution >= 4 is 0 Å². The van der Waals surface area contributed by atoms with Crippen LogP contribution in [0.5, 0.6) is 0 Å². The maximum atomic E-state index is 3.98. The lowest BCUT2D eigenvalue weighted by molar-refractivity contribution is 0.151. The number of hydrogen-bond donors (Lipinski definition) is 0. The molecule has 0 aromatic carbocycles. The quantitative estimate of drug-likeness (QED) is 0.0445. The SMILES string of the molecule is C/C=C/C1CCC(/C=C/C2CCC(C3CCC(CCCCC)CC3)CC2)CC1.C/C=C/C1CCC(/C=C/C2CCC(C3CCC(CCCCCC)CC3)CC2)CC1.C=CC1CCC(/C=C/C2CCC(C3CCC(CCCCC)CC3)CC2)CC1.C=CC1CCC(/C=C/C2CCC(C3CCC(CCCCCC)CC3)CC2)CC1.[HH].[HH].[HH].[HH].[HH].[HH].[HH].[HH].[HH].[HH].[HH].[HH]. The molecule has 112 heavy (non-hydrogen) atoms. The second-order valence-corrected chi connectivity index (χ2v) is 42.3. The van der Waals surface area contributed by atoms with Crippen molar-refractivity contribution in [2.75, 3.05) is 0 Å². The molecule has 12 saturated carbocycles. The van der Waals surface area contributed by atoms with Gasteiger partial charge in [-0.15, -0.1) is 13.2 Å². The van der Waals surface area contributed by atoms with Crippen LogP contribution in [-0.2, 0) is 0 Å². The molecule has 0 unspecified atom stereocenters. The maximum absolute atomic E-state index is 3.98. The van der Waals surface area contributed by atoms with Crippen molar-refractivity contribution in [2.24, 2.45) is 142 Å². The maximum Gasteiger partial charge on any atom is 0 e. The Morgan fingerprint density at radius 1 is 0.179 bits per heavy atom. The zero-order chi connectivity index (χ0) is 78.4. The van der Waals surface area contributed by atoms with Crippen LogP contribution in [0, 0.1) is 142 Å². The molecule has 0 radical (unpaired) electrons. The number of hydrogen-bond acceptors (Lipinski definition) is 0. The van der Waals surface area contributed by atoms with Crippen molar-refractivity contribution < 1.29 is 17.1 Å². The third kappa shape index (κ3) is 35.7. The molecule has 0 atom stereocenters. The Morgan fingerprint density at radius 3 is 0.491 bits per heavy atom. The first-order valence-corrected chi connectivity index (χ1v) is 52.4. The molecule has 0 aliphatic heterocycles. The summed E-state index contributed by atoms with van der Waals surface area (Å²) in [6.07, 6.45) is 132. The first kappa shape index (κ1) is 93.8. The molecule has 0 bridgehead atoms. The van der Waals surface area contributed by atoms with E-state index >= 15 is 0 Å². The molecule has 0 aromatic heterocycles. The Bertz CT molecular complexity index is 2520. The zero-order valence-corrected chi connectivity index (χ0v) is 76.0. The van der Waals surface area contributed by atoms with E-state index in [1.165, 1.54) is 321 Å². The summed E-state index contributed by atoms with van der Waals surface area (Å²) in [4.78, 5) is 0. The minimum absolute atomic E-state index is 0. The fourth-order valence-corrected chi connectivity index (χ4v) is 26.1. The summed E-state index contributed by atoms with van der Waals surface area (Å²) in [5.41, 5.74) is 0. The van der Waals surface area contributed by atoms with Gasteiger partial charge < -0.3 is 0 Å². The lowest BCUT2D eigenvalue weighted by atomic mass is 9.68. The van der Waals surface area contributed by atoms with Crippen LogP contribution in [0.15, 0.2) is 98.2 Å². The lowest BCUT2D eigenvalue weighted by Gasteiger charge is -2.37. The van der Waals surface area contributed by atoms with Crippen LogP contribution in [0.4, 0.5) is 0 Å². The summed E-state index contributed by atoms with van der Waals surface area (Å²) in [6, 6.07) is 0. The van der Waals surface area contributed by atoms with E-state index in [0.29, 0.717) is 0 Å². The molecule has 12 aliphatic carbocycles. The summed E-state index contributed by atoms with van der Waals surface area (Å²) in [7, 11) is 0. The summed E-state index contributed by atoms with van der Waals surface area (Å²) < 4.78 is 0. The van der Waals surface area contributed by atoms with E-state index in [9.17, 15) is 0 Å². The Hall–Kier alpha value is -2.08. The molecule has 12 fully saturated rings. The van der Waals surface area contributed by atoms with E-state index in [-0.39, 0.29) is 17.1 Å². The molecule has 0 N–H and O–H groups in total. The average Bonchev–Trinajstić information content (AvgIpc) is 0.862. The van der Waals surface area contributed by atoms with Gasteiger partial charge in [0.05, 0.1) is 0 Å². The van der Waals surface area contributed by atoms with Crippen LogP contribution >= 0.6 is 0 Å². The van der Waals surface area contributed by atoms with Crippen LogP contribution in [0.1, 0.15) is 482 Å². The lowest BCUT2D eigenvalue weighted by Crippen LogP contribution is -2.25. The minimum Gasteiger partial charge on any atom is -0.103 e. The van der Waals surface area contributed by atoms with E-state index in [4.69, 9.17) is 0 Å². The van der Waals surface area contributed by atoms with Gasteiger partial charge in [-0.25, -0.2) is 0 Å². The van der Waals surface area contributed by atoms with Gasteiger partial charge in [0.15, 0.2) is 0 Å². The van der Waals surface area contributed by atoms with Crippen LogP contribution in [0.2, 0.25) is 0 Å². The summed E-state index contributed by atoms with van der Waals surface area (Å²) in [5, 5.41) is 0. The molecule has 12 aliphatic rings. The highest BCUT2D eigenvalue weighted by Gasteiger charge is 2.36. The molecule has 12 rings (SSSR count). The first-order valence-electron chi connectivity index (χ1n) is 52.4. The van der Waals surface area contributed by atoms with Crippen molar-refractivity contribution in [2.45, 2.75) is 465 Å². The highest BCUT2D eigenvalue weighted by atomic mass is 14.4. The van der Waals surface area contributed by atoms with Crippen molar-refractivity contribution in [1.29, 1.82) is 0 Å². The first-order chi connectivity index (χ1) is 55.1. The smallest absolute Gasteiger partial charge is 0 e. The molecule has 0 heteroatoms. The van der Waals surface area contributed by atoms with Gasteiger partial charge in [-0.3, -0.25) is 0 Å². The van der Waals surface area contributed by atoms with E-state index in [2.05, 4.69) is 140 Å². The second-order valence-electron chi connectivity index (χ2n) is 42.3. The second kappa shape index (κ2) is 56.4. The van der Waals surface area contributed by atoms with E-state index in [1.54, 1.807) is 103 Å². The van der Waals surface area contributed by atoms with Gasteiger partial charge in [-0.2, -0.15) is 0 Å². The molecule has 0 nitrogen and oxygen atoms in total. The van der Waals surface area contributed by atoms with Crippen LogP contribution < -0.4 is 0 Å². The van der Waals surface area contributed by atoms with Crippen LogP contribution in [-0.4, -0.2) is 0 Å². The number of allylic oxidation sites excluding steroid dienone is 14. The Kier molecular flexibility index (Phi) is 47.3. The van der Waals surface area contributed by atoms with Crippen molar-refractivity contribution in [1.82, 2.24) is 0 Å². The molecule has 0 amide bonds. The van der Waals surface area contributed by atoms with Crippen LogP contribution in [0.25, 0.3) is 0 Å². The highest BCUT2D eigenvalue weighted by molar-refractivity contribution is 5.04. The predicted octanol–water partition coefficient (Wildman–Crippen LogP) is 39.4. The van der Waals surface area contributed by atoms with Crippen molar-refractivity contribution in [3.8, 4) is 0 Å². The van der Waals surface area contributed by atoms with Gasteiger partial charge in [-0.1, -0.05) is 280 Å². The molecule has 664 valence electrons. The minimum atomic E-state index is 0. The standard InChI is InChI=1S/C29H50.2C28H48.C27H46.12H2/c1-3-5-6-7-9-25-16-20-28(21-17-25)29-22-18-27(19-23-29)15-14-26-12-10-24(8-4-2)11-13-26;1-3-5-6-7-8-24-15-19-27(20-16-24)28-21-17-26(18-22-28)14-13-25-11-9-23(4-2)10-12-25;1-3-5-6-8-24-15-19-27(20-16-24)28-21-17-26(18-22-28)14-13-25-11-9-23(7-4-2)10-12-25;1-3-5-6-7-23-14-18-26(19-15-23)27-20-16-25(17-21-27)13-12-24-10-8-22(4-2)9-11-24;;;;;;;;;;;;/h4,8,14-15,24-29H,3,5-7,9-13,16-23H2,1-2H3;4,13-14,23-28H,2-3,5-12,15-22H2,1H3;4,7,13-14,23-28H,3,5-6,8-12,15-22H2,1-2H3;4,12-13,22-27H,2-3,5-11,14-21H2,1H3;12*1H/b8-4+,15-14+;14-13+;7-4+,14-13+;13-12+;;;;;;;;;;;;. The Balaban J connectivity index is -0.000000750. The van der Waals surface area contributed by atoms with Gasteiger partial charge in [0.2, 0.25) is 0 Å². The molecule has 0 saturated heterocycles. The Morgan fingerprint density at radius 2 is 0.321 bits per heavy atom. The fraction of sp³-hybridized carbons (Fsp3) is 0.857. The normalized spacial score (nSPS) is 37.4. The molecule has 0 aromatic rings. The van der Waals surface area contributed by atoms with Crippen molar-refractivity contribution in [3.63, 3.8) is 0 Å². The van der Waals surface area contributed by atoms with E-state index in [1.807, 2.05) is 0 Å². The van der Waals surface area contributed by atoms with Crippen molar-refractivity contribution in [3.05, 3.63) is 98.2 Å². The highest BCUT2D eigenvalue weighted by Crippen LogP contribution is 2.49.